The molecule has 0 fully saturated rings. The zero-order valence-corrected chi connectivity index (χ0v) is 11.2. The molecule has 0 aromatic heterocycles. The van der Waals surface area contributed by atoms with Crippen LogP contribution in [0.5, 0.6) is 0 Å². The Hall–Kier alpha value is -1.31. The molecule has 0 amide bonds. The average Bonchev–Trinajstić information content (AvgIpc) is 2.15. The van der Waals surface area contributed by atoms with Crippen molar-refractivity contribution in [1.82, 2.24) is 0 Å². The topological polar surface area (TPSA) is 37.3 Å². The standard InChI is InChI=1S/C15H22O2/c1-11(10-14(16)17)9-12-5-7-13(8-6-12)15(2,3)4/h5-8,11H,9-10H2,1-4H3,(H,16,17). The fourth-order valence-electron chi connectivity index (χ4n) is 1.91. The predicted octanol–water partition coefficient (Wildman–Crippen LogP) is 3.64. The number of carboxylic acids is 1. The Balaban J connectivity index is 2.66. The van der Waals surface area contributed by atoms with E-state index in [2.05, 4.69) is 45.0 Å². The maximum absolute atomic E-state index is 10.6. The quantitative estimate of drug-likeness (QED) is 0.863. The Morgan fingerprint density at radius 1 is 1.24 bits per heavy atom. The van der Waals surface area contributed by atoms with Gasteiger partial charge in [-0.05, 0) is 28.9 Å². The first-order valence-electron chi connectivity index (χ1n) is 6.10. The summed E-state index contributed by atoms with van der Waals surface area (Å²) in [5.41, 5.74) is 2.70. The largest absolute Gasteiger partial charge is 0.481 e. The minimum Gasteiger partial charge on any atom is -0.481 e. The van der Waals surface area contributed by atoms with Crippen molar-refractivity contribution < 1.29 is 9.90 Å². The minimum atomic E-state index is -0.719. The van der Waals surface area contributed by atoms with Crippen LogP contribution in [-0.4, -0.2) is 11.1 Å². The summed E-state index contributed by atoms with van der Waals surface area (Å²) in [4.78, 5) is 10.6. The monoisotopic (exact) mass is 234 g/mol. The van der Waals surface area contributed by atoms with Crippen molar-refractivity contribution in [3.63, 3.8) is 0 Å². The zero-order chi connectivity index (χ0) is 13.1. The molecule has 0 saturated carbocycles. The van der Waals surface area contributed by atoms with Crippen molar-refractivity contribution in [3.8, 4) is 0 Å². The van der Waals surface area contributed by atoms with Gasteiger partial charge in [0.2, 0.25) is 0 Å². The number of hydrogen-bond donors (Lipinski definition) is 1. The molecule has 2 heteroatoms. The Kier molecular flexibility index (Phi) is 4.33. The summed E-state index contributed by atoms with van der Waals surface area (Å²) in [6, 6.07) is 8.50. The van der Waals surface area contributed by atoms with Gasteiger partial charge in [-0.15, -0.1) is 0 Å². The van der Waals surface area contributed by atoms with Crippen LogP contribution in [-0.2, 0) is 16.6 Å². The fourth-order valence-corrected chi connectivity index (χ4v) is 1.91. The number of benzene rings is 1. The lowest BCUT2D eigenvalue weighted by atomic mass is 9.86. The van der Waals surface area contributed by atoms with Crippen molar-refractivity contribution in [2.75, 3.05) is 0 Å². The molecule has 1 atom stereocenters. The highest BCUT2D eigenvalue weighted by molar-refractivity contribution is 5.67. The van der Waals surface area contributed by atoms with Gasteiger partial charge in [-0.2, -0.15) is 0 Å². The van der Waals surface area contributed by atoms with E-state index in [1.54, 1.807) is 0 Å². The van der Waals surface area contributed by atoms with Crippen molar-refractivity contribution in [1.29, 1.82) is 0 Å². The van der Waals surface area contributed by atoms with Gasteiger partial charge in [0.25, 0.3) is 0 Å². The number of carbonyl (C=O) groups is 1. The molecule has 1 N–H and O–H groups in total. The predicted molar refractivity (Wildman–Crippen MR) is 70.3 cm³/mol. The second kappa shape index (κ2) is 5.35. The summed E-state index contributed by atoms with van der Waals surface area (Å²) in [5.74, 6) is -0.531. The van der Waals surface area contributed by atoms with Gasteiger partial charge in [-0.25, -0.2) is 0 Å². The number of carboxylic acid groups (broad SMARTS) is 1. The Morgan fingerprint density at radius 3 is 2.18 bits per heavy atom. The lowest BCUT2D eigenvalue weighted by Gasteiger charge is -2.19. The summed E-state index contributed by atoms with van der Waals surface area (Å²) in [5, 5.41) is 8.71. The second-order valence-electron chi connectivity index (χ2n) is 5.85. The van der Waals surface area contributed by atoms with E-state index in [9.17, 15) is 4.79 Å². The van der Waals surface area contributed by atoms with Crippen LogP contribution in [0.4, 0.5) is 0 Å². The van der Waals surface area contributed by atoms with Crippen LogP contribution in [0.2, 0.25) is 0 Å². The lowest BCUT2D eigenvalue weighted by molar-refractivity contribution is -0.137. The Morgan fingerprint density at radius 2 is 1.76 bits per heavy atom. The maximum Gasteiger partial charge on any atom is 0.303 e. The number of rotatable bonds is 4. The Labute approximate surface area is 104 Å². The zero-order valence-electron chi connectivity index (χ0n) is 11.2. The fraction of sp³-hybridized carbons (Fsp3) is 0.533. The molecular weight excluding hydrogens is 212 g/mol. The van der Waals surface area contributed by atoms with Gasteiger partial charge in [0.15, 0.2) is 0 Å². The van der Waals surface area contributed by atoms with E-state index in [1.165, 1.54) is 11.1 Å². The molecule has 1 aromatic rings. The van der Waals surface area contributed by atoms with Gasteiger partial charge in [0.05, 0.1) is 0 Å². The van der Waals surface area contributed by atoms with E-state index in [0.717, 1.165) is 6.42 Å². The molecule has 17 heavy (non-hydrogen) atoms. The first kappa shape index (κ1) is 13.8. The van der Waals surface area contributed by atoms with Crippen LogP contribution in [0.25, 0.3) is 0 Å². The summed E-state index contributed by atoms with van der Waals surface area (Å²) in [6.45, 7) is 8.55. The Bertz CT molecular complexity index is 371. The molecule has 94 valence electrons. The van der Waals surface area contributed by atoms with Crippen LogP contribution in [0.3, 0.4) is 0 Å². The lowest BCUT2D eigenvalue weighted by Crippen LogP contribution is -2.11. The molecule has 0 spiro atoms. The van der Waals surface area contributed by atoms with Crippen LogP contribution >= 0.6 is 0 Å². The summed E-state index contributed by atoms with van der Waals surface area (Å²) in [6.07, 6.45) is 1.07. The SMILES string of the molecule is CC(CC(=O)O)Cc1ccc(C(C)(C)C)cc1. The van der Waals surface area contributed by atoms with Crippen molar-refractivity contribution in [2.24, 2.45) is 5.92 Å². The molecule has 0 bridgehead atoms. The molecule has 1 aromatic carbocycles. The third-order valence-electron chi connectivity index (χ3n) is 2.93. The van der Waals surface area contributed by atoms with Gasteiger partial charge >= 0.3 is 5.97 Å². The number of hydrogen-bond acceptors (Lipinski definition) is 1. The highest BCUT2D eigenvalue weighted by Gasteiger charge is 2.13. The molecule has 0 aliphatic carbocycles. The van der Waals surface area contributed by atoms with Crippen LogP contribution in [0, 0.1) is 5.92 Å². The smallest absolute Gasteiger partial charge is 0.303 e. The van der Waals surface area contributed by atoms with Gasteiger partial charge in [0, 0.05) is 6.42 Å². The van der Waals surface area contributed by atoms with Crippen LogP contribution in [0.1, 0.15) is 45.2 Å². The first-order valence-corrected chi connectivity index (χ1v) is 6.10. The van der Waals surface area contributed by atoms with E-state index < -0.39 is 5.97 Å². The molecule has 0 aliphatic heterocycles. The highest BCUT2D eigenvalue weighted by atomic mass is 16.4. The van der Waals surface area contributed by atoms with Crippen molar-refractivity contribution >= 4 is 5.97 Å². The van der Waals surface area contributed by atoms with Crippen molar-refractivity contribution in [3.05, 3.63) is 35.4 Å². The molecule has 0 aliphatic rings. The van der Waals surface area contributed by atoms with E-state index in [1.807, 2.05) is 6.92 Å². The average molecular weight is 234 g/mol. The summed E-state index contributed by atoms with van der Waals surface area (Å²) >= 11 is 0. The molecule has 1 rings (SSSR count). The molecule has 0 saturated heterocycles. The molecule has 0 heterocycles. The number of aliphatic carboxylic acids is 1. The van der Waals surface area contributed by atoms with E-state index in [4.69, 9.17) is 5.11 Å². The van der Waals surface area contributed by atoms with E-state index >= 15 is 0 Å². The summed E-state index contributed by atoms with van der Waals surface area (Å²) in [7, 11) is 0. The second-order valence-corrected chi connectivity index (χ2v) is 5.85. The van der Waals surface area contributed by atoms with Gasteiger partial charge in [0.1, 0.15) is 0 Å². The summed E-state index contributed by atoms with van der Waals surface area (Å²) < 4.78 is 0. The van der Waals surface area contributed by atoms with E-state index in [0.29, 0.717) is 0 Å². The minimum absolute atomic E-state index is 0.172. The third-order valence-corrected chi connectivity index (χ3v) is 2.93. The van der Waals surface area contributed by atoms with Gasteiger partial charge < -0.3 is 5.11 Å². The highest BCUT2D eigenvalue weighted by Crippen LogP contribution is 2.23. The van der Waals surface area contributed by atoms with Crippen molar-refractivity contribution in [2.45, 2.75) is 46.0 Å². The van der Waals surface area contributed by atoms with E-state index in [-0.39, 0.29) is 17.8 Å². The third kappa shape index (κ3) is 4.59. The maximum atomic E-state index is 10.6. The molecule has 0 radical (unpaired) electrons. The van der Waals surface area contributed by atoms with Gasteiger partial charge in [-0.1, -0.05) is 52.0 Å². The molecule has 1 unspecified atom stereocenters. The van der Waals surface area contributed by atoms with Crippen LogP contribution in [0.15, 0.2) is 24.3 Å². The van der Waals surface area contributed by atoms with Crippen LogP contribution < -0.4 is 0 Å². The molecular formula is C15H22O2. The first-order chi connectivity index (χ1) is 7.79. The normalized spacial score (nSPS) is 13.4. The molecule has 2 nitrogen and oxygen atoms in total. The van der Waals surface area contributed by atoms with Gasteiger partial charge in [-0.3, -0.25) is 4.79 Å².